The molecule has 0 saturated heterocycles. The Bertz CT molecular complexity index is 441. The van der Waals surface area contributed by atoms with Crippen LogP contribution in [0.15, 0.2) is 28.3 Å². The monoisotopic (exact) mass is 186 g/mol. The van der Waals surface area contributed by atoms with Gasteiger partial charge in [-0.1, -0.05) is 23.3 Å². The third-order valence-corrected chi connectivity index (χ3v) is 2.40. The molecule has 70 valence electrons. The van der Waals surface area contributed by atoms with Gasteiger partial charge in [0.05, 0.1) is 0 Å². The van der Waals surface area contributed by atoms with Crippen LogP contribution in [0.1, 0.15) is 18.1 Å². The Morgan fingerprint density at radius 1 is 1.50 bits per heavy atom. The highest BCUT2D eigenvalue weighted by molar-refractivity contribution is 6.01. The van der Waals surface area contributed by atoms with Crippen LogP contribution in [0.5, 0.6) is 0 Å². The van der Waals surface area contributed by atoms with Gasteiger partial charge >= 0.3 is 0 Å². The van der Waals surface area contributed by atoms with E-state index in [0.29, 0.717) is 0 Å². The van der Waals surface area contributed by atoms with Gasteiger partial charge in [-0.2, -0.15) is 0 Å². The molecule has 4 nitrogen and oxygen atoms in total. The van der Waals surface area contributed by atoms with Gasteiger partial charge < -0.3 is 0 Å². The van der Waals surface area contributed by atoms with Crippen LogP contribution in [0.3, 0.4) is 0 Å². The van der Waals surface area contributed by atoms with E-state index < -0.39 is 0 Å². The SMILES string of the molecule is CC1=NCCc2c(N=[N+]=[N-])cccc21. The summed E-state index contributed by atoms with van der Waals surface area (Å²) < 4.78 is 0. The van der Waals surface area contributed by atoms with Crippen LogP contribution >= 0.6 is 0 Å². The third-order valence-electron chi connectivity index (χ3n) is 2.40. The molecular formula is C10H10N4. The van der Waals surface area contributed by atoms with Crippen LogP contribution in [0.2, 0.25) is 0 Å². The van der Waals surface area contributed by atoms with Crippen molar-refractivity contribution in [1.82, 2.24) is 0 Å². The number of hydrogen-bond acceptors (Lipinski definition) is 2. The van der Waals surface area contributed by atoms with Crippen molar-refractivity contribution in [1.29, 1.82) is 0 Å². The molecule has 1 aromatic rings. The van der Waals surface area contributed by atoms with Crippen LogP contribution in [-0.4, -0.2) is 12.3 Å². The van der Waals surface area contributed by atoms with Crippen molar-refractivity contribution < 1.29 is 0 Å². The average Bonchev–Trinajstić information content (AvgIpc) is 2.20. The molecule has 0 fully saturated rings. The standard InChI is InChI=1S/C10H10N4/c1-7-8-3-2-4-10(13-14-11)9(8)5-6-12-7/h2-4H,5-6H2,1H3. The first-order valence-electron chi connectivity index (χ1n) is 4.51. The van der Waals surface area contributed by atoms with Crippen molar-refractivity contribution in [2.75, 3.05) is 6.54 Å². The summed E-state index contributed by atoms with van der Waals surface area (Å²) in [6.45, 7) is 2.77. The molecule has 1 aliphatic heterocycles. The summed E-state index contributed by atoms with van der Waals surface area (Å²) in [7, 11) is 0. The minimum atomic E-state index is 0.735. The molecule has 0 atom stereocenters. The molecule has 1 heterocycles. The average molecular weight is 186 g/mol. The normalized spacial score (nSPS) is 13.9. The van der Waals surface area contributed by atoms with E-state index in [0.717, 1.165) is 35.5 Å². The maximum Gasteiger partial charge on any atom is 0.0433 e. The van der Waals surface area contributed by atoms with Crippen LogP contribution < -0.4 is 0 Å². The van der Waals surface area contributed by atoms with E-state index in [1.165, 1.54) is 0 Å². The lowest BCUT2D eigenvalue weighted by Crippen LogP contribution is -2.09. The highest BCUT2D eigenvalue weighted by Crippen LogP contribution is 2.26. The minimum absolute atomic E-state index is 0.735. The highest BCUT2D eigenvalue weighted by atomic mass is 15.1. The van der Waals surface area contributed by atoms with Gasteiger partial charge in [-0.15, -0.1) is 0 Å². The Morgan fingerprint density at radius 2 is 2.36 bits per heavy atom. The summed E-state index contributed by atoms with van der Waals surface area (Å²) in [5, 5.41) is 3.68. The minimum Gasteiger partial charge on any atom is -0.289 e. The fourth-order valence-electron chi connectivity index (χ4n) is 1.74. The van der Waals surface area contributed by atoms with Crippen LogP contribution in [0, 0.1) is 0 Å². The maximum absolute atomic E-state index is 8.42. The van der Waals surface area contributed by atoms with Gasteiger partial charge in [0, 0.05) is 22.9 Å². The lowest BCUT2D eigenvalue weighted by Gasteiger charge is -2.15. The molecule has 0 spiro atoms. The molecule has 0 saturated carbocycles. The van der Waals surface area contributed by atoms with Crippen LogP contribution in [-0.2, 0) is 6.42 Å². The van der Waals surface area contributed by atoms with Crippen molar-refractivity contribution in [3.63, 3.8) is 0 Å². The zero-order valence-corrected chi connectivity index (χ0v) is 7.94. The molecule has 4 heteroatoms. The zero-order chi connectivity index (χ0) is 9.97. The summed E-state index contributed by atoms with van der Waals surface area (Å²) in [6.07, 6.45) is 0.863. The van der Waals surface area contributed by atoms with Crippen LogP contribution in [0.4, 0.5) is 5.69 Å². The summed E-state index contributed by atoms with van der Waals surface area (Å²) in [5.74, 6) is 0. The Labute approximate surface area is 81.9 Å². The third kappa shape index (κ3) is 1.36. The van der Waals surface area contributed by atoms with Gasteiger partial charge in [-0.25, -0.2) is 0 Å². The molecule has 0 aromatic heterocycles. The van der Waals surface area contributed by atoms with E-state index >= 15 is 0 Å². The predicted molar refractivity (Wildman–Crippen MR) is 56.0 cm³/mol. The molecule has 0 bridgehead atoms. The van der Waals surface area contributed by atoms with E-state index in [1.54, 1.807) is 0 Å². The van der Waals surface area contributed by atoms with Gasteiger partial charge in [0.1, 0.15) is 0 Å². The summed E-state index contributed by atoms with van der Waals surface area (Å²) in [6, 6.07) is 5.76. The molecule has 1 aromatic carbocycles. The molecule has 2 rings (SSSR count). The van der Waals surface area contributed by atoms with Gasteiger partial charge in [0.2, 0.25) is 0 Å². The zero-order valence-electron chi connectivity index (χ0n) is 7.94. The fourth-order valence-corrected chi connectivity index (χ4v) is 1.74. The van der Waals surface area contributed by atoms with Gasteiger partial charge in [-0.3, -0.25) is 4.99 Å². The first kappa shape index (κ1) is 8.78. The molecular weight excluding hydrogens is 176 g/mol. The van der Waals surface area contributed by atoms with Crippen LogP contribution in [0.25, 0.3) is 10.4 Å². The first-order valence-corrected chi connectivity index (χ1v) is 4.51. The number of rotatable bonds is 1. The molecule has 0 unspecified atom stereocenters. The van der Waals surface area contributed by atoms with Crippen molar-refractivity contribution in [2.24, 2.45) is 10.1 Å². The number of benzene rings is 1. The second-order valence-electron chi connectivity index (χ2n) is 3.21. The Kier molecular flexibility index (Phi) is 2.21. The number of azide groups is 1. The van der Waals surface area contributed by atoms with E-state index in [1.807, 2.05) is 25.1 Å². The molecule has 14 heavy (non-hydrogen) atoms. The van der Waals surface area contributed by atoms with E-state index in [9.17, 15) is 0 Å². The number of hydrogen-bond donors (Lipinski definition) is 0. The van der Waals surface area contributed by atoms with Crippen molar-refractivity contribution in [3.05, 3.63) is 39.8 Å². The Hall–Kier alpha value is -1.80. The quantitative estimate of drug-likeness (QED) is 0.367. The molecule has 0 radical (unpaired) electrons. The number of fused-ring (bicyclic) bond motifs is 1. The Morgan fingerprint density at radius 3 is 3.14 bits per heavy atom. The van der Waals surface area contributed by atoms with Crippen molar-refractivity contribution in [3.8, 4) is 0 Å². The molecule has 0 N–H and O–H groups in total. The van der Waals surface area contributed by atoms with Crippen molar-refractivity contribution in [2.45, 2.75) is 13.3 Å². The van der Waals surface area contributed by atoms with E-state index in [4.69, 9.17) is 5.53 Å². The maximum atomic E-state index is 8.42. The first-order chi connectivity index (χ1) is 6.83. The van der Waals surface area contributed by atoms with Crippen molar-refractivity contribution >= 4 is 11.4 Å². The van der Waals surface area contributed by atoms with E-state index in [2.05, 4.69) is 15.0 Å². The summed E-state index contributed by atoms with van der Waals surface area (Å²) in [4.78, 5) is 7.18. The van der Waals surface area contributed by atoms with Gasteiger partial charge in [-0.05, 0) is 30.0 Å². The molecule has 0 amide bonds. The lowest BCUT2D eigenvalue weighted by molar-refractivity contribution is 0.940. The van der Waals surface area contributed by atoms with E-state index in [-0.39, 0.29) is 0 Å². The second-order valence-corrected chi connectivity index (χ2v) is 3.21. The second kappa shape index (κ2) is 3.52. The smallest absolute Gasteiger partial charge is 0.0433 e. The number of nitrogens with zero attached hydrogens (tertiary/aromatic N) is 4. The van der Waals surface area contributed by atoms with Gasteiger partial charge in [0.25, 0.3) is 0 Å². The predicted octanol–water partition coefficient (Wildman–Crippen LogP) is 2.99. The fraction of sp³-hybridized carbons (Fsp3) is 0.300. The molecule has 0 aliphatic carbocycles. The molecule has 1 aliphatic rings. The Balaban J connectivity index is 2.62. The highest BCUT2D eigenvalue weighted by Gasteiger charge is 2.12. The summed E-state index contributed by atoms with van der Waals surface area (Å²) >= 11 is 0. The largest absolute Gasteiger partial charge is 0.289 e. The topological polar surface area (TPSA) is 61.1 Å². The lowest BCUT2D eigenvalue weighted by atomic mass is 9.97. The summed E-state index contributed by atoms with van der Waals surface area (Å²) in [5.41, 5.74) is 12.4. The number of aliphatic imine (C=N–C) groups is 1. The van der Waals surface area contributed by atoms with Gasteiger partial charge in [0.15, 0.2) is 0 Å².